The van der Waals surface area contributed by atoms with Crippen LogP contribution < -0.4 is 5.32 Å². The summed E-state index contributed by atoms with van der Waals surface area (Å²) in [6, 6.07) is 11.4. The van der Waals surface area contributed by atoms with Crippen LogP contribution in [0.5, 0.6) is 0 Å². The average Bonchev–Trinajstić information content (AvgIpc) is 2.69. The summed E-state index contributed by atoms with van der Waals surface area (Å²) in [5, 5.41) is 3.60. The summed E-state index contributed by atoms with van der Waals surface area (Å²) in [5.41, 5.74) is 1.40. The van der Waals surface area contributed by atoms with Crippen LogP contribution in [0, 0.1) is 0 Å². The molecule has 0 heterocycles. The van der Waals surface area contributed by atoms with Crippen LogP contribution in [0.1, 0.15) is 31.2 Å². The zero-order valence-corrected chi connectivity index (χ0v) is 10.1. The molecule has 0 aromatic heterocycles. The summed E-state index contributed by atoms with van der Waals surface area (Å²) < 4.78 is 0. The molecule has 1 aromatic rings. The van der Waals surface area contributed by atoms with Gasteiger partial charge in [0.2, 0.25) is 0 Å². The molecule has 78 valence electrons. The van der Waals surface area contributed by atoms with Gasteiger partial charge in [-0.05, 0) is 18.4 Å². The molecule has 0 unspecified atom stereocenters. The van der Waals surface area contributed by atoms with Crippen molar-refractivity contribution in [3.63, 3.8) is 0 Å². The van der Waals surface area contributed by atoms with Gasteiger partial charge in [0, 0.05) is 12.6 Å². The quantitative estimate of drug-likeness (QED) is 0.875. The van der Waals surface area contributed by atoms with Crippen LogP contribution in [-0.2, 0) is 6.54 Å². The van der Waals surface area contributed by atoms with Gasteiger partial charge in [0.25, 0.3) is 0 Å². The number of hydrogen-bond donors (Lipinski definition) is 1. The van der Waals surface area contributed by atoms with Crippen molar-refractivity contribution in [1.29, 1.82) is 0 Å². The van der Waals surface area contributed by atoms with Crippen molar-refractivity contribution in [1.82, 2.24) is 5.32 Å². The van der Waals surface area contributed by atoms with E-state index in [0.717, 1.165) is 12.6 Å². The van der Waals surface area contributed by atoms with Gasteiger partial charge < -0.3 is 5.32 Å². The summed E-state index contributed by atoms with van der Waals surface area (Å²) in [4.78, 5) is 0. The fourth-order valence-corrected chi connectivity index (χ4v) is 1.99. The summed E-state index contributed by atoms with van der Waals surface area (Å²) in [6.07, 6.45) is 5.55. The lowest BCUT2D eigenvalue weighted by molar-refractivity contribution is 0.524. The Bertz CT molecular complexity index is 242. The zero-order chi connectivity index (χ0) is 8.93. The Balaban J connectivity index is 0.000000980. The van der Waals surface area contributed by atoms with E-state index in [-0.39, 0.29) is 17.0 Å². The van der Waals surface area contributed by atoms with Crippen LogP contribution in [0.2, 0.25) is 0 Å². The Morgan fingerprint density at radius 1 is 1.07 bits per heavy atom. The van der Waals surface area contributed by atoms with Gasteiger partial charge in [0.15, 0.2) is 0 Å². The molecule has 2 rings (SSSR count). The van der Waals surface area contributed by atoms with Crippen LogP contribution in [0.25, 0.3) is 0 Å². The molecule has 0 bridgehead atoms. The first-order valence-corrected chi connectivity index (χ1v) is 5.22. The van der Waals surface area contributed by atoms with E-state index in [1.54, 1.807) is 0 Å². The van der Waals surface area contributed by atoms with Gasteiger partial charge in [-0.1, -0.05) is 43.2 Å². The molecular formula is C12H18BrN. The van der Waals surface area contributed by atoms with Crippen molar-refractivity contribution >= 4 is 17.0 Å². The third kappa shape index (κ3) is 3.43. The summed E-state index contributed by atoms with van der Waals surface area (Å²) in [5.74, 6) is 0. The molecule has 1 aliphatic carbocycles. The lowest BCUT2D eigenvalue weighted by Crippen LogP contribution is -2.25. The van der Waals surface area contributed by atoms with Crippen LogP contribution in [0.4, 0.5) is 0 Å². The van der Waals surface area contributed by atoms with E-state index in [1.807, 2.05) is 0 Å². The molecule has 0 aliphatic heterocycles. The van der Waals surface area contributed by atoms with Crippen LogP contribution in [-0.4, -0.2) is 6.04 Å². The Morgan fingerprint density at radius 2 is 1.71 bits per heavy atom. The van der Waals surface area contributed by atoms with E-state index in [4.69, 9.17) is 0 Å². The molecule has 1 aliphatic rings. The van der Waals surface area contributed by atoms with Gasteiger partial charge >= 0.3 is 0 Å². The smallest absolute Gasteiger partial charge is 0.0208 e. The highest BCUT2D eigenvalue weighted by Gasteiger charge is 2.13. The largest absolute Gasteiger partial charge is 0.310 e. The molecule has 0 atom stereocenters. The van der Waals surface area contributed by atoms with Crippen LogP contribution >= 0.6 is 17.0 Å². The van der Waals surface area contributed by atoms with Crippen molar-refractivity contribution in [3.05, 3.63) is 35.9 Å². The van der Waals surface area contributed by atoms with E-state index in [1.165, 1.54) is 31.2 Å². The molecule has 2 heteroatoms. The van der Waals surface area contributed by atoms with Crippen molar-refractivity contribution in [2.45, 2.75) is 38.3 Å². The SMILES string of the molecule is Br.c1ccc(CNC2CCCC2)cc1. The summed E-state index contributed by atoms with van der Waals surface area (Å²) in [6.45, 7) is 1.03. The zero-order valence-electron chi connectivity index (χ0n) is 8.41. The topological polar surface area (TPSA) is 12.0 Å². The summed E-state index contributed by atoms with van der Waals surface area (Å²) in [7, 11) is 0. The van der Waals surface area contributed by atoms with Gasteiger partial charge in [-0.2, -0.15) is 0 Å². The molecule has 1 fully saturated rings. The predicted molar refractivity (Wildman–Crippen MR) is 65.9 cm³/mol. The third-order valence-electron chi connectivity index (χ3n) is 2.79. The number of halogens is 1. The molecule has 1 saturated carbocycles. The third-order valence-corrected chi connectivity index (χ3v) is 2.79. The van der Waals surface area contributed by atoms with Crippen LogP contribution in [0.3, 0.4) is 0 Å². The van der Waals surface area contributed by atoms with Crippen molar-refractivity contribution in [2.75, 3.05) is 0 Å². The van der Waals surface area contributed by atoms with E-state index < -0.39 is 0 Å². The molecule has 0 radical (unpaired) electrons. The minimum Gasteiger partial charge on any atom is -0.310 e. The minimum atomic E-state index is 0. The molecular weight excluding hydrogens is 238 g/mol. The maximum Gasteiger partial charge on any atom is 0.0208 e. The Hall–Kier alpha value is -0.340. The number of hydrogen-bond acceptors (Lipinski definition) is 1. The number of nitrogens with one attached hydrogen (secondary N) is 1. The molecule has 1 aromatic carbocycles. The summed E-state index contributed by atoms with van der Waals surface area (Å²) >= 11 is 0. The molecule has 1 N–H and O–H groups in total. The Morgan fingerprint density at radius 3 is 2.36 bits per heavy atom. The predicted octanol–water partition coefficient (Wildman–Crippen LogP) is 3.30. The van der Waals surface area contributed by atoms with Gasteiger partial charge in [-0.3, -0.25) is 0 Å². The van der Waals surface area contributed by atoms with Crippen LogP contribution in [0.15, 0.2) is 30.3 Å². The maximum absolute atomic E-state index is 3.60. The minimum absolute atomic E-state index is 0. The first kappa shape index (κ1) is 11.7. The van der Waals surface area contributed by atoms with Gasteiger partial charge in [0.1, 0.15) is 0 Å². The van der Waals surface area contributed by atoms with E-state index in [9.17, 15) is 0 Å². The Labute approximate surface area is 96.7 Å². The first-order valence-electron chi connectivity index (χ1n) is 5.22. The van der Waals surface area contributed by atoms with Gasteiger partial charge in [0.05, 0.1) is 0 Å². The van der Waals surface area contributed by atoms with Crippen molar-refractivity contribution < 1.29 is 0 Å². The molecule has 1 nitrogen and oxygen atoms in total. The highest BCUT2D eigenvalue weighted by molar-refractivity contribution is 8.93. The second-order valence-electron chi connectivity index (χ2n) is 3.85. The van der Waals surface area contributed by atoms with Gasteiger partial charge in [-0.25, -0.2) is 0 Å². The van der Waals surface area contributed by atoms with E-state index in [2.05, 4.69) is 35.6 Å². The molecule has 14 heavy (non-hydrogen) atoms. The second-order valence-corrected chi connectivity index (χ2v) is 3.85. The Kier molecular flexibility index (Phi) is 5.20. The number of benzene rings is 1. The monoisotopic (exact) mass is 255 g/mol. The number of rotatable bonds is 3. The highest BCUT2D eigenvalue weighted by atomic mass is 79.9. The molecule has 0 amide bonds. The van der Waals surface area contributed by atoms with Crippen molar-refractivity contribution in [3.8, 4) is 0 Å². The molecule has 0 saturated heterocycles. The average molecular weight is 256 g/mol. The normalized spacial score (nSPS) is 16.6. The van der Waals surface area contributed by atoms with Crippen molar-refractivity contribution in [2.24, 2.45) is 0 Å². The fourth-order valence-electron chi connectivity index (χ4n) is 1.99. The lowest BCUT2D eigenvalue weighted by atomic mass is 10.2. The molecule has 0 spiro atoms. The lowest BCUT2D eigenvalue weighted by Gasteiger charge is -2.11. The van der Waals surface area contributed by atoms with E-state index in [0.29, 0.717) is 0 Å². The fraction of sp³-hybridized carbons (Fsp3) is 0.500. The highest BCUT2D eigenvalue weighted by Crippen LogP contribution is 2.17. The van der Waals surface area contributed by atoms with Gasteiger partial charge in [-0.15, -0.1) is 17.0 Å². The van der Waals surface area contributed by atoms with E-state index >= 15 is 0 Å². The first-order chi connectivity index (χ1) is 6.45. The maximum atomic E-state index is 3.60. The standard InChI is InChI=1S/C12H17N.BrH/c1-2-6-11(7-3-1)10-13-12-8-4-5-9-12;/h1-3,6-7,12-13H,4-5,8-10H2;1H. The second kappa shape index (κ2) is 6.20.